The van der Waals surface area contributed by atoms with E-state index in [1.54, 1.807) is 0 Å². The van der Waals surface area contributed by atoms with Crippen LogP contribution in [0.3, 0.4) is 0 Å². The highest BCUT2D eigenvalue weighted by molar-refractivity contribution is 5.30. The van der Waals surface area contributed by atoms with Crippen LogP contribution in [0.5, 0.6) is 0 Å². The molecule has 0 aromatic heterocycles. The molecule has 0 heterocycles. The monoisotopic (exact) mass is 211 g/mol. The summed E-state index contributed by atoms with van der Waals surface area (Å²) >= 11 is 0. The Balaban J connectivity index is 3.12. The second-order valence-electron chi connectivity index (χ2n) is 3.02. The molecule has 0 radical (unpaired) electrons. The van der Waals surface area contributed by atoms with Crippen LogP contribution < -0.4 is 0 Å². The van der Waals surface area contributed by atoms with E-state index in [4.69, 9.17) is 15.5 Å². The van der Waals surface area contributed by atoms with Gasteiger partial charge in [-0.1, -0.05) is 6.07 Å². The van der Waals surface area contributed by atoms with Crippen molar-refractivity contribution in [3.05, 3.63) is 35.1 Å². The van der Waals surface area contributed by atoms with Gasteiger partial charge in [0.15, 0.2) is 6.10 Å². The Hall–Kier alpha value is -1.48. The van der Waals surface area contributed by atoms with Gasteiger partial charge in [-0.05, 0) is 23.3 Å². The number of halogens is 1. The first-order chi connectivity index (χ1) is 7.10. The van der Waals surface area contributed by atoms with Crippen molar-refractivity contribution in [2.24, 2.45) is 0 Å². The smallest absolute Gasteiger partial charge is 0.170 e. The van der Waals surface area contributed by atoms with Crippen LogP contribution in [0.1, 0.15) is 17.2 Å². The lowest BCUT2D eigenvalue weighted by atomic mass is 9.99. The molecule has 0 saturated heterocycles. The van der Waals surface area contributed by atoms with Crippen LogP contribution in [0.25, 0.3) is 0 Å². The first-order valence-electron chi connectivity index (χ1n) is 4.25. The molecule has 1 aromatic rings. The van der Waals surface area contributed by atoms with E-state index in [-0.39, 0.29) is 11.1 Å². The summed E-state index contributed by atoms with van der Waals surface area (Å²) in [5.41, 5.74) is 0.296. The number of nitriles is 1. The average molecular weight is 211 g/mol. The quantitative estimate of drug-likeness (QED) is 0.625. The molecule has 0 bridgehead atoms. The van der Waals surface area contributed by atoms with Gasteiger partial charge in [-0.3, -0.25) is 0 Å². The van der Waals surface area contributed by atoms with Crippen LogP contribution in [0, 0.1) is 17.1 Å². The van der Waals surface area contributed by atoms with E-state index in [1.807, 2.05) is 0 Å². The fraction of sp³-hybridized carbons (Fsp3) is 0.300. The standard InChI is InChI=1S/C10H10FNO3/c11-7-2-1-6(5-13)8(3-7)10(15)9(14)4-12/h1-3,9-10,13-15H,5H2. The van der Waals surface area contributed by atoms with Crippen molar-refractivity contribution in [1.82, 2.24) is 0 Å². The van der Waals surface area contributed by atoms with Crippen LogP contribution in [0.2, 0.25) is 0 Å². The molecule has 15 heavy (non-hydrogen) atoms. The van der Waals surface area contributed by atoms with Crippen molar-refractivity contribution >= 4 is 0 Å². The molecule has 4 nitrogen and oxygen atoms in total. The molecule has 0 spiro atoms. The Bertz CT molecular complexity index is 389. The molecule has 3 N–H and O–H groups in total. The highest BCUT2D eigenvalue weighted by Gasteiger charge is 2.20. The lowest BCUT2D eigenvalue weighted by Gasteiger charge is -2.15. The highest BCUT2D eigenvalue weighted by atomic mass is 19.1. The summed E-state index contributed by atoms with van der Waals surface area (Å²) < 4.78 is 12.9. The number of hydrogen-bond donors (Lipinski definition) is 3. The van der Waals surface area contributed by atoms with Gasteiger partial charge >= 0.3 is 0 Å². The maximum absolute atomic E-state index is 12.9. The maximum Gasteiger partial charge on any atom is 0.170 e. The number of rotatable bonds is 3. The van der Waals surface area contributed by atoms with E-state index in [2.05, 4.69) is 0 Å². The van der Waals surface area contributed by atoms with E-state index in [9.17, 15) is 9.50 Å². The second kappa shape index (κ2) is 4.84. The largest absolute Gasteiger partial charge is 0.392 e. The van der Waals surface area contributed by atoms with Crippen LogP contribution >= 0.6 is 0 Å². The van der Waals surface area contributed by atoms with Crippen molar-refractivity contribution in [3.63, 3.8) is 0 Å². The summed E-state index contributed by atoms with van der Waals surface area (Å²) in [7, 11) is 0. The van der Waals surface area contributed by atoms with Crippen LogP contribution in [-0.2, 0) is 6.61 Å². The van der Waals surface area contributed by atoms with Gasteiger partial charge in [0.05, 0.1) is 12.7 Å². The number of hydrogen-bond acceptors (Lipinski definition) is 4. The maximum atomic E-state index is 12.9. The Morgan fingerprint density at radius 1 is 1.40 bits per heavy atom. The molecule has 1 rings (SSSR count). The van der Waals surface area contributed by atoms with E-state index in [1.165, 1.54) is 12.1 Å². The minimum absolute atomic E-state index is 0.0200. The molecule has 0 aliphatic rings. The van der Waals surface area contributed by atoms with Gasteiger partial charge in [0.25, 0.3) is 0 Å². The molecule has 0 aliphatic heterocycles. The topological polar surface area (TPSA) is 84.5 Å². The molecule has 0 fully saturated rings. The summed E-state index contributed by atoms with van der Waals surface area (Å²) in [6.07, 6.45) is -3.16. The Morgan fingerprint density at radius 2 is 2.07 bits per heavy atom. The number of aliphatic hydroxyl groups is 3. The lowest BCUT2D eigenvalue weighted by Crippen LogP contribution is -2.17. The molecule has 0 aliphatic carbocycles. The minimum Gasteiger partial charge on any atom is -0.392 e. The van der Waals surface area contributed by atoms with Gasteiger partial charge in [0.1, 0.15) is 11.9 Å². The van der Waals surface area contributed by atoms with E-state index >= 15 is 0 Å². The second-order valence-corrected chi connectivity index (χ2v) is 3.02. The molecule has 0 saturated carbocycles. The fourth-order valence-electron chi connectivity index (χ4n) is 1.23. The summed E-state index contributed by atoms with van der Waals surface area (Å²) in [6, 6.07) is 4.83. The number of benzene rings is 1. The molecule has 5 heteroatoms. The van der Waals surface area contributed by atoms with Gasteiger partial charge in [0, 0.05) is 0 Å². The normalized spacial score (nSPS) is 14.3. The third kappa shape index (κ3) is 2.50. The van der Waals surface area contributed by atoms with E-state index < -0.39 is 24.6 Å². The Kier molecular flexibility index (Phi) is 3.74. The molecule has 0 amide bonds. The third-order valence-electron chi connectivity index (χ3n) is 2.03. The number of nitrogens with zero attached hydrogens (tertiary/aromatic N) is 1. The van der Waals surface area contributed by atoms with Crippen molar-refractivity contribution in [3.8, 4) is 6.07 Å². The first-order valence-corrected chi connectivity index (χ1v) is 4.25. The van der Waals surface area contributed by atoms with Gasteiger partial charge in [-0.25, -0.2) is 4.39 Å². The Morgan fingerprint density at radius 3 is 2.60 bits per heavy atom. The fourth-order valence-corrected chi connectivity index (χ4v) is 1.23. The molecular formula is C10H10FNO3. The summed E-state index contributed by atoms with van der Waals surface area (Å²) in [5, 5.41) is 35.8. The molecular weight excluding hydrogens is 201 g/mol. The summed E-state index contributed by atoms with van der Waals surface area (Å²) in [6.45, 7) is -0.398. The van der Waals surface area contributed by atoms with E-state index in [0.717, 1.165) is 12.1 Å². The van der Waals surface area contributed by atoms with Crippen molar-refractivity contribution in [2.45, 2.75) is 18.8 Å². The Labute approximate surface area is 85.8 Å². The third-order valence-corrected chi connectivity index (χ3v) is 2.03. The van der Waals surface area contributed by atoms with Gasteiger partial charge in [0.2, 0.25) is 0 Å². The molecule has 2 atom stereocenters. The van der Waals surface area contributed by atoms with Gasteiger partial charge < -0.3 is 15.3 Å². The molecule has 80 valence electrons. The SMILES string of the molecule is N#CC(O)C(O)c1cc(F)ccc1CO. The zero-order valence-electron chi connectivity index (χ0n) is 7.76. The number of aliphatic hydroxyl groups excluding tert-OH is 3. The lowest BCUT2D eigenvalue weighted by molar-refractivity contribution is 0.0511. The first kappa shape index (κ1) is 11.6. The van der Waals surface area contributed by atoms with Crippen molar-refractivity contribution in [2.75, 3.05) is 0 Å². The predicted molar refractivity (Wildman–Crippen MR) is 48.9 cm³/mol. The highest BCUT2D eigenvalue weighted by Crippen LogP contribution is 2.22. The average Bonchev–Trinajstić information content (AvgIpc) is 2.27. The summed E-state index contributed by atoms with van der Waals surface area (Å²) in [5.74, 6) is -0.605. The molecule has 1 aromatic carbocycles. The van der Waals surface area contributed by atoms with E-state index in [0.29, 0.717) is 0 Å². The molecule has 2 unspecified atom stereocenters. The minimum atomic E-state index is -1.64. The van der Waals surface area contributed by atoms with Crippen LogP contribution in [0.4, 0.5) is 4.39 Å². The zero-order chi connectivity index (χ0) is 11.4. The van der Waals surface area contributed by atoms with Crippen LogP contribution in [0.15, 0.2) is 18.2 Å². The zero-order valence-corrected chi connectivity index (χ0v) is 7.76. The van der Waals surface area contributed by atoms with Gasteiger partial charge in [-0.15, -0.1) is 0 Å². The summed E-state index contributed by atoms with van der Waals surface area (Å²) in [4.78, 5) is 0. The predicted octanol–water partition coefficient (Wildman–Crippen LogP) is 0.236. The van der Waals surface area contributed by atoms with Crippen molar-refractivity contribution < 1.29 is 19.7 Å². The van der Waals surface area contributed by atoms with Crippen molar-refractivity contribution in [1.29, 1.82) is 5.26 Å². The van der Waals surface area contributed by atoms with Gasteiger partial charge in [-0.2, -0.15) is 5.26 Å². The van der Waals surface area contributed by atoms with Crippen LogP contribution in [-0.4, -0.2) is 21.4 Å².